The molecule has 27 heavy (non-hydrogen) atoms. The third-order valence-electron chi connectivity index (χ3n) is 4.14. The second kappa shape index (κ2) is 7.67. The van der Waals surface area contributed by atoms with Crippen molar-refractivity contribution in [2.45, 2.75) is 13.3 Å². The van der Waals surface area contributed by atoms with Crippen molar-refractivity contribution < 1.29 is 23.9 Å². The Kier molecular flexibility index (Phi) is 5.32. The standard InChI is InChI=1S/C20H17NO5S/c1-3-9-21-18(23)14-7-5-12(10-15(14)19(21)24)20(25)26-11-16(22)17-8-6-13(4-2)27-17/h3,5-8,10H,1,4,9,11H2,2H3. The third kappa shape index (κ3) is 3.59. The number of thiophene rings is 1. The Morgan fingerprint density at radius 2 is 1.89 bits per heavy atom. The minimum atomic E-state index is -0.721. The van der Waals surface area contributed by atoms with E-state index < -0.39 is 17.8 Å². The molecule has 0 saturated heterocycles. The second-order valence-electron chi connectivity index (χ2n) is 5.89. The number of carbonyl (C=O) groups excluding carboxylic acids is 4. The fourth-order valence-electron chi connectivity index (χ4n) is 2.72. The quantitative estimate of drug-likeness (QED) is 0.318. The fourth-order valence-corrected chi connectivity index (χ4v) is 3.59. The Balaban J connectivity index is 1.70. The molecule has 3 rings (SSSR count). The summed E-state index contributed by atoms with van der Waals surface area (Å²) in [6, 6.07) is 7.75. The van der Waals surface area contributed by atoms with Crippen molar-refractivity contribution in [2.24, 2.45) is 0 Å². The van der Waals surface area contributed by atoms with Crippen molar-refractivity contribution in [3.05, 3.63) is 69.4 Å². The molecule has 1 aliphatic heterocycles. The highest BCUT2D eigenvalue weighted by Crippen LogP contribution is 2.24. The summed E-state index contributed by atoms with van der Waals surface area (Å²) in [7, 11) is 0. The van der Waals surface area contributed by atoms with Crippen molar-refractivity contribution in [3.63, 3.8) is 0 Å². The van der Waals surface area contributed by atoms with E-state index in [2.05, 4.69) is 6.58 Å². The van der Waals surface area contributed by atoms with Gasteiger partial charge in [0.25, 0.3) is 11.8 Å². The molecule has 0 saturated carbocycles. The summed E-state index contributed by atoms with van der Waals surface area (Å²) in [4.78, 5) is 51.5. The normalized spacial score (nSPS) is 12.9. The molecular formula is C20H17NO5S. The smallest absolute Gasteiger partial charge is 0.338 e. The molecule has 0 unspecified atom stereocenters. The zero-order chi connectivity index (χ0) is 19.6. The molecule has 1 aromatic carbocycles. The predicted octanol–water partition coefficient (Wildman–Crippen LogP) is 3.13. The molecule has 0 N–H and O–H groups in total. The van der Waals surface area contributed by atoms with Crippen molar-refractivity contribution in [1.82, 2.24) is 4.90 Å². The first-order chi connectivity index (χ1) is 13.0. The molecule has 6 nitrogen and oxygen atoms in total. The number of Topliss-reactive ketones (excluding diaryl/α,β-unsaturated/α-hetero) is 1. The van der Waals surface area contributed by atoms with Gasteiger partial charge in [0.1, 0.15) is 0 Å². The van der Waals surface area contributed by atoms with Crippen LogP contribution >= 0.6 is 11.3 Å². The van der Waals surface area contributed by atoms with Crippen molar-refractivity contribution in [1.29, 1.82) is 0 Å². The van der Waals surface area contributed by atoms with E-state index in [1.165, 1.54) is 35.6 Å². The van der Waals surface area contributed by atoms with Crippen molar-refractivity contribution in [2.75, 3.05) is 13.2 Å². The lowest BCUT2D eigenvalue weighted by molar-refractivity contribution is 0.0475. The average molecular weight is 383 g/mol. The van der Waals surface area contributed by atoms with E-state index in [0.717, 1.165) is 16.2 Å². The molecule has 138 valence electrons. The van der Waals surface area contributed by atoms with Crippen LogP contribution in [0.5, 0.6) is 0 Å². The Morgan fingerprint density at radius 3 is 2.56 bits per heavy atom. The summed E-state index contributed by atoms with van der Waals surface area (Å²) in [5.41, 5.74) is 0.497. The lowest BCUT2D eigenvalue weighted by Crippen LogP contribution is -2.29. The van der Waals surface area contributed by atoms with Crippen LogP contribution < -0.4 is 0 Å². The van der Waals surface area contributed by atoms with Crippen LogP contribution in [0.15, 0.2) is 43.0 Å². The van der Waals surface area contributed by atoms with E-state index in [9.17, 15) is 19.2 Å². The number of nitrogens with zero attached hydrogens (tertiary/aromatic N) is 1. The van der Waals surface area contributed by atoms with E-state index >= 15 is 0 Å². The lowest BCUT2D eigenvalue weighted by Gasteiger charge is -2.09. The van der Waals surface area contributed by atoms with Gasteiger partial charge in [0, 0.05) is 11.4 Å². The van der Waals surface area contributed by atoms with Crippen LogP contribution in [0.4, 0.5) is 0 Å². The van der Waals surface area contributed by atoms with Gasteiger partial charge in [-0.25, -0.2) is 4.79 Å². The Labute approximate surface area is 160 Å². The van der Waals surface area contributed by atoms with E-state index in [1.807, 2.05) is 13.0 Å². The van der Waals surface area contributed by atoms with Gasteiger partial charge in [-0.2, -0.15) is 0 Å². The van der Waals surface area contributed by atoms with Crippen molar-refractivity contribution >= 4 is 34.9 Å². The molecule has 0 radical (unpaired) electrons. The van der Waals surface area contributed by atoms with Crippen LogP contribution in [0, 0.1) is 0 Å². The number of hydrogen-bond acceptors (Lipinski definition) is 6. The molecule has 2 heterocycles. The highest BCUT2D eigenvalue weighted by Gasteiger charge is 2.35. The number of esters is 1. The van der Waals surface area contributed by atoms with Crippen LogP contribution in [-0.2, 0) is 11.2 Å². The van der Waals surface area contributed by atoms with Gasteiger partial charge in [-0.15, -0.1) is 17.9 Å². The van der Waals surface area contributed by atoms with E-state index in [0.29, 0.717) is 4.88 Å². The van der Waals surface area contributed by atoms with Gasteiger partial charge in [-0.05, 0) is 36.8 Å². The summed E-state index contributed by atoms with van der Waals surface area (Å²) < 4.78 is 5.08. The number of ketones is 1. The van der Waals surface area contributed by atoms with E-state index in [-0.39, 0.29) is 35.6 Å². The second-order valence-corrected chi connectivity index (χ2v) is 7.06. The SMILES string of the molecule is C=CCN1C(=O)c2ccc(C(=O)OCC(=O)c3ccc(CC)s3)cc2C1=O. The highest BCUT2D eigenvalue weighted by atomic mass is 32.1. The third-order valence-corrected chi connectivity index (χ3v) is 5.41. The van der Waals surface area contributed by atoms with Crippen LogP contribution in [-0.4, -0.2) is 41.6 Å². The molecular weight excluding hydrogens is 366 g/mol. The van der Waals surface area contributed by atoms with Gasteiger partial charge >= 0.3 is 5.97 Å². The van der Waals surface area contributed by atoms with Crippen LogP contribution in [0.3, 0.4) is 0 Å². The van der Waals surface area contributed by atoms with Gasteiger partial charge in [0.15, 0.2) is 6.61 Å². The number of aryl methyl sites for hydroxylation is 1. The van der Waals surface area contributed by atoms with Gasteiger partial charge in [-0.1, -0.05) is 13.0 Å². The molecule has 1 aliphatic rings. The zero-order valence-corrected chi connectivity index (χ0v) is 15.5. The topological polar surface area (TPSA) is 80.8 Å². The minimum Gasteiger partial charge on any atom is -0.454 e. The van der Waals surface area contributed by atoms with Gasteiger partial charge in [0.2, 0.25) is 5.78 Å². The molecule has 0 fully saturated rings. The molecule has 0 aliphatic carbocycles. The summed E-state index contributed by atoms with van der Waals surface area (Å²) >= 11 is 1.37. The van der Waals surface area contributed by atoms with Gasteiger partial charge in [0.05, 0.1) is 21.6 Å². The fraction of sp³-hybridized carbons (Fsp3) is 0.200. The van der Waals surface area contributed by atoms with Gasteiger partial charge < -0.3 is 4.74 Å². The van der Waals surface area contributed by atoms with Crippen LogP contribution in [0.25, 0.3) is 0 Å². The van der Waals surface area contributed by atoms with Gasteiger partial charge in [-0.3, -0.25) is 19.3 Å². The number of fused-ring (bicyclic) bond motifs is 1. The summed E-state index contributed by atoms with van der Waals surface area (Å²) in [6.45, 7) is 5.24. The van der Waals surface area contributed by atoms with Crippen molar-refractivity contribution in [3.8, 4) is 0 Å². The van der Waals surface area contributed by atoms with E-state index in [1.54, 1.807) is 6.07 Å². The summed E-state index contributed by atoms with van der Waals surface area (Å²) in [6.07, 6.45) is 2.29. The Bertz CT molecular complexity index is 959. The number of hydrogen-bond donors (Lipinski definition) is 0. The number of carbonyl (C=O) groups is 4. The number of amides is 2. The number of rotatable bonds is 7. The maximum Gasteiger partial charge on any atom is 0.338 e. The molecule has 1 aromatic heterocycles. The predicted molar refractivity (Wildman–Crippen MR) is 100 cm³/mol. The first-order valence-corrected chi connectivity index (χ1v) is 9.18. The average Bonchev–Trinajstić information content (AvgIpc) is 3.25. The first kappa shape index (κ1) is 18.7. The van der Waals surface area contributed by atoms with Crippen LogP contribution in [0.1, 0.15) is 52.5 Å². The zero-order valence-electron chi connectivity index (χ0n) is 14.7. The Hall–Kier alpha value is -3.06. The number of imide groups is 1. The van der Waals surface area contributed by atoms with E-state index in [4.69, 9.17) is 4.74 Å². The first-order valence-electron chi connectivity index (χ1n) is 8.36. The molecule has 7 heteroatoms. The lowest BCUT2D eigenvalue weighted by atomic mass is 10.1. The molecule has 0 bridgehead atoms. The molecule has 2 amide bonds. The maximum absolute atomic E-state index is 12.3. The highest BCUT2D eigenvalue weighted by molar-refractivity contribution is 7.14. The Morgan fingerprint density at radius 1 is 1.15 bits per heavy atom. The summed E-state index contributed by atoms with van der Waals surface area (Å²) in [5.74, 6) is -1.90. The molecule has 0 spiro atoms. The maximum atomic E-state index is 12.3. The molecule has 2 aromatic rings. The molecule has 0 atom stereocenters. The monoisotopic (exact) mass is 383 g/mol. The summed E-state index contributed by atoms with van der Waals surface area (Å²) in [5, 5.41) is 0. The van der Waals surface area contributed by atoms with Crippen LogP contribution in [0.2, 0.25) is 0 Å². The number of benzene rings is 1. The number of ether oxygens (including phenoxy) is 1. The largest absolute Gasteiger partial charge is 0.454 e. The minimum absolute atomic E-state index is 0.0984.